The summed E-state index contributed by atoms with van der Waals surface area (Å²) in [5.41, 5.74) is 3.40. The number of aromatic hydroxyl groups is 1. The fourth-order valence-corrected chi connectivity index (χ4v) is 9.28. The average molecular weight is 391 g/mol. The molecule has 1 spiro atoms. The van der Waals surface area contributed by atoms with Gasteiger partial charge in [0.05, 0.1) is 4.08 Å². The van der Waals surface area contributed by atoms with Crippen LogP contribution in [0.15, 0.2) is 18.2 Å². The normalized spacial score (nSPS) is 33.1. The molecule has 3 aliphatic rings. The van der Waals surface area contributed by atoms with Crippen molar-refractivity contribution in [2.75, 3.05) is 11.5 Å². The first-order valence-corrected chi connectivity index (χ1v) is 12.5. The van der Waals surface area contributed by atoms with Crippen molar-refractivity contribution < 1.29 is 5.11 Å². The monoisotopic (exact) mass is 390 g/mol. The SMILES string of the molecule is CC(C)CC[C@H]1CC2(C[C@@H]3c4ccc(O)cc4CC[C@@]13C)SCCCS2. The van der Waals surface area contributed by atoms with E-state index in [-0.39, 0.29) is 0 Å². The Morgan fingerprint density at radius 1 is 1.19 bits per heavy atom. The third-order valence-corrected chi connectivity index (χ3v) is 10.8. The fourth-order valence-electron chi connectivity index (χ4n) is 5.74. The quantitative estimate of drug-likeness (QED) is 0.610. The van der Waals surface area contributed by atoms with Crippen molar-refractivity contribution in [2.45, 2.75) is 75.7 Å². The number of rotatable bonds is 3. The Hall–Kier alpha value is -0.280. The number of benzene rings is 1. The van der Waals surface area contributed by atoms with Gasteiger partial charge < -0.3 is 5.11 Å². The summed E-state index contributed by atoms with van der Waals surface area (Å²) >= 11 is 4.54. The van der Waals surface area contributed by atoms with Crippen LogP contribution in [0.2, 0.25) is 0 Å². The number of fused-ring (bicyclic) bond motifs is 3. The third kappa shape index (κ3) is 3.43. The lowest BCUT2D eigenvalue weighted by Gasteiger charge is -2.58. The second-order valence-electron chi connectivity index (χ2n) is 9.48. The molecule has 0 amide bonds. The zero-order valence-corrected chi connectivity index (χ0v) is 18.2. The highest BCUT2D eigenvalue weighted by molar-refractivity contribution is 8.18. The molecule has 0 unspecified atom stereocenters. The van der Waals surface area contributed by atoms with Crippen molar-refractivity contribution in [3.05, 3.63) is 29.3 Å². The standard InChI is InChI=1S/C23H34OS2/c1-16(2)5-6-18-14-23(25-11-4-12-26-23)15-21-20-8-7-19(24)13-17(20)9-10-22(18,21)3/h7-8,13,16,18,21,24H,4-6,9-12,14-15H2,1-3H3/t18-,21+,22-/m0/s1. The van der Waals surface area contributed by atoms with Gasteiger partial charge in [-0.1, -0.05) is 33.3 Å². The van der Waals surface area contributed by atoms with Crippen molar-refractivity contribution in [3.8, 4) is 5.75 Å². The molecule has 2 aliphatic carbocycles. The molecule has 0 aromatic heterocycles. The highest BCUT2D eigenvalue weighted by Gasteiger charge is 2.54. The van der Waals surface area contributed by atoms with Gasteiger partial charge in [-0.2, -0.15) is 0 Å². The molecule has 4 rings (SSSR count). The van der Waals surface area contributed by atoms with E-state index in [1.54, 1.807) is 5.56 Å². The predicted octanol–water partition coefficient (Wildman–Crippen LogP) is 6.84. The average Bonchev–Trinajstić information content (AvgIpc) is 2.61. The van der Waals surface area contributed by atoms with Crippen molar-refractivity contribution >= 4 is 23.5 Å². The maximum atomic E-state index is 9.98. The van der Waals surface area contributed by atoms with Crippen LogP contribution in [0.5, 0.6) is 5.75 Å². The van der Waals surface area contributed by atoms with Crippen LogP contribution < -0.4 is 0 Å². The minimum Gasteiger partial charge on any atom is -0.508 e. The smallest absolute Gasteiger partial charge is 0.115 e. The first kappa shape index (κ1) is 19.1. The molecule has 1 saturated carbocycles. The van der Waals surface area contributed by atoms with Gasteiger partial charge in [0, 0.05) is 0 Å². The lowest BCUT2D eigenvalue weighted by Crippen LogP contribution is -2.49. The summed E-state index contributed by atoms with van der Waals surface area (Å²) in [6.07, 6.45) is 9.30. The van der Waals surface area contributed by atoms with E-state index in [1.807, 2.05) is 12.1 Å². The maximum absolute atomic E-state index is 9.98. The summed E-state index contributed by atoms with van der Waals surface area (Å²) in [6, 6.07) is 6.22. The molecule has 1 aliphatic heterocycles. The number of phenolic OH excluding ortho intramolecular Hbond substituents is 1. The highest BCUT2D eigenvalue weighted by atomic mass is 32.2. The van der Waals surface area contributed by atoms with Gasteiger partial charge in [-0.15, -0.1) is 23.5 Å². The number of phenols is 1. The molecular formula is C23H34OS2. The van der Waals surface area contributed by atoms with Gasteiger partial charge in [0.15, 0.2) is 0 Å². The molecule has 1 nitrogen and oxygen atoms in total. The maximum Gasteiger partial charge on any atom is 0.115 e. The molecule has 1 saturated heterocycles. The van der Waals surface area contributed by atoms with Crippen LogP contribution in [0.3, 0.4) is 0 Å². The van der Waals surface area contributed by atoms with E-state index in [0.717, 1.165) is 18.3 Å². The minimum absolute atomic E-state index is 0.433. The second-order valence-corrected chi connectivity index (χ2v) is 12.7. The molecule has 1 N–H and O–H groups in total. The molecule has 2 fully saturated rings. The van der Waals surface area contributed by atoms with Crippen LogP contribution in [0.25, 0.3) is 0 Å². The predicted molar refractivity (Wildman–Crippen MR) is 116 cm³/mol. The molecule has 1 aromatic rings. The van der Waals surface area contributed by atoms with Crippen LogP contribution >= 0.6 is 23.5 Å². The Balaban J connectivity index is 1.71. The Bertz CT molecular complexity index is 650. The van der Waals surface area contributed by atoms with E-state index in [0.29, 0.717) is 21.2 Å². The van der Waals surface area contributed by atoms with Crippen molar-refractivity contribution in [3.63, 3.8) is 0 Å². The fraction of sp³-hybridized carbons (Fsp3) is 0.739. The van der Waals surface area contributed by atoms with Gasteiger partial charge in [0.2, 0.25) is 0 Å². The Morgan fingerprint density at radius 2 is 1.96 bits per heavy atom. The Morgan fingerprint density at radius 3 is 2.69 bits per heavy atom. The van der Waals surface area contributed by atoms with Crippen LogP contribution in [0.4, 0.5) is 0 Å². The van der Waals surface area contributed by atoms with E-state index in [9.17, 15) is 5.11 Å². The molecule has 3 heteroatoms. The summed E-state index contributed by atoms with van der Waals surface area (Å²) in [6.45, 7) is 7.35. The minimum atomic E-state index is 0.433. The van der Waals surface area contributed by atoms with E-state index >= 15 is 0 Å². The first-order chi connectivity index (χ1) is 12.4. The van der Waals surface area contributed by atoms with Crippen LogP contribution in [-0.2, 0) is 6.42 Å². The zero-order valence-electron chi connectivity index (χ0n) is 16.6. The summed E-state index contributed by atoms with van der Waals surface area (Å²) in [7, 11) is 0. The van der Waals surface area contributed by atoms with Crippen molar-refractivity contribution in [2.24, 2.45) is 17.3 Å². The van der Waals surface area contributed by atoms with Gasteiger partial charge in [-0.05, 0) is 96.5 Å². The lowest BCUT2D eigenvalue weighted by molar-refractivity contribution is 0.0535. The molecular weight excluding hydrogens is 356 g/mol. The number of thioether (sulfide) groups is 2. The van der Waals surface area contributed by atoms with E-state index < -0.39 is 0 Å². The van der Waals surface area contributed by atoms with Gasteiger partial charge in [0.1, 0.15) is 5.75 Å². The van der Waals surface area contributed by atoms with E-state index in [2.05, 4.69) is 50.4 Å². The number of hydrogen-bond acceptors (Lipinski definition) is 3. The Kier molecular flexibility index (Phi) is 5.33. The van der Waals surface area contributed by atoms with Crippen LogP contribution in [0, 0.1) is 17.3 Å². The van der Waals surface area contributed by atoms with Crippen molar-refractivity contribution in [1.29, 1.82) is 0 Å². The van der Waals surface area contributed by atoms with E-state index in [4.69, 9.17) is 0 Å². The lowest BCUT2D eigenvalue weighted by atomic mass is 9.53. The van der Waals surface area contributed by atoms with E-state index in [1.165, 1.54) is 55.6 Å². The first-order valence-electron chi connectivity index (χ1n) is 10.5. The largest absolute Gasteiger partial charge is 0.508 e. The molecule has 26 heavy (non-hydrogen) atoms. The van der Waals surface area contributed by atoms with Gasteiger partial charge in [-0.25, -0.2) is 0 Å². The molecule has 0 radical (unpaired) electrons. The molecule has 3 atom stereocenters. The third-order valence-electron chi connectivity index (χ3n) is 7.35. The van der Waals surface area contributed by atoms with Crippen LogP contribution in [-0.4, -0.2) is 20.7 Å². The topological polar surface area (TPSA) is 20.2 Å². The second kappa shape index (κ2) is 7.28. The number of hydrogen-bond donors (Lipinski definition) is 1. The Labute approximate surface area is 168 Å². The van der Waals surface area contributed by atoms with Gasteiger partial charge in [-0.3, -0.25) is 0 Å². The summed E-state index contributed by atoms with van der Waals surface area (Å²) in [5, 5.41) is 9.98. The summed E-state index contributed by atoms with van der Waals surface area (Å²) in [4.78, 5) is 0. The van der Waals surface area contributed by atoms with Crippen molar-refractivity contribution in [1.82, 2.24) is 0 Å². The molecule has 1 aromatic carbocycles. The highest BCUT2D eigenvalue weighted by Crippen LogP contribution is 2.66. The summed E-state index contributed by atoms with van der Waals surface area (Å²) in [5.74, 6) is 5.43. The van der Waals surface area contributed by atoms with Gasteiger partial charge >= 0.3 is 0 Å². The number of aryl methyl sites for hydroxylation is 1. The summed E-state index contributed by atoms with van der Waals surface area (Å²) < 4.78 is 0.441. The molecule has 0 bridgehead atoms. The zero-order chi connectivity index (χ0) is 18.4. The molecule has 144 valence electrons. The van der Waals surface area contributed by atoms with Gasteiger partial charge in [0.25, 0.3) is 0 Å². The molecule has 1 heterocycles. The van der Waals surface area contributed by atoms with Crippen LogP contribution in [0.1, 0.15) is 76.3 Å².